The van der Waals surface area contributed by atoms with Gasteiger partial charge in [-0.2, -0.15) is 0 Å². The fourth-order valence-electron chi connectivity index (χ4n) is 3.30. The minimum absolute atomic E-state index is 0. The number of piperazine rings is 1. The number of nitrogens with zero attached hydrogens (tertiary/aromatic N) is 2. The average Bonchev–Trinajstić information content (AvgIpc) is 2.58. The number of amides is 2. The molecule has 0 aliphatic carbocycles. The SMILES string of the molecule is CC(C)C(=O)NCC1CCCN(CCC(=O)N2CCNCC2)C1.Cl. The maximum absolute atomic E-state index is 12.2. The third kappa shape index (κ3) is 6.95. The molecule has 0 aromatic rings. The van der Waals surface area contributed by atoms with Crippen LogP contribution in [0.1, 0.15) is 33.1 Å². The smallest absolute Gasteiger partial charge is 0.223 e. The summed E-state index contributed by atoms with van der Waals surface area (Å²) in [6.45, 7) is 11.0. The number of carbonyl (C=O) groups is 2. The Morgan fingerprint density at radius 2 is 1.92 bits per heavy atom. The average molecular weight is 361 g/mol. The quantitative estimate of drug-likeness (QED) is 0.732. The number of halogens is 1. The van der Waals surface area contributed by atoms with Crippen molar-refractivity contribution in [2.75, 3.05) is 52.4 Å². The van der Waals surface area contributed by atoms with Crippen molar-refractivity contribution in [3.63, 3.8) is 0 Å². The van der Waals surface area contributed by atoms with Gasteiger partial charge >= 0.3 is 0 Å². The van der Waals surface area contributed by atoms with Crippen molar-refractivity contribution in [1.29, 1.82) is 0 Å². The zero-order valence-electron chi connectivity index (χ0n) is 15.1. The van der Waals surface area contributed by atoms with Crippen LogP contribution in [0.2, 0.25) is 0 Å². The van der Waals surface area contributed by atoms with Crippen molar-refractivity contribution in [1.82, 2.24) is 20.4 Å². The minimum atomic E-state index is 0. The Balaban J connectivity index is 0.00000288. The van der Waals surface area contributed by atoms with Gasteiger partial charge in [0, 0.05) is 58.2 Å². The van der Waals surface area contributed by atoms with Crippen molar-refractivity contribution in [3.05, 3.63) is 0 Å². The van der Waals surface area contributed by atoms with Crippen LogP contribution < -0.4 is 10.6 Å². The first-order valence-corrected chi connectivity index (χ1v) is 9.05. The number of rotatable bonds is 6. The van der Waals surface area contributed by atoms with Gasteiger partial charge in [0.25, 0.3) is 0 Å². The van der Waals surface area contributed by atoms with Crippen LogP contribution in [-0.2, 0) is 9.59 Å². The third-order valence-electron chi connectivity index (χ3n) is 4.80. The zero-order chi connectivity index (χ0) is 16.7. The van der Waals surface area contributed by atoms with E-state index in [1.807, 2.05) is 18.7 Å². The van der Waals surface area contributed by atoms with Crippen molar-refractivity contribution in [3.8, 4) is 0 Å². The highest BCUT2D eigenvalue weighted by atomic mass is 35.5. The molecule has 140 valence electrons. The summed E-state index contributed by atoms with van der Waals surface area (Å²) < 4.78 is 0. The van der Waals surface area contributed by atoms with Gasteiger partial charge in [-0.25, -0.2) is 0 Å². The van der Waals surface area contributed by atoms with E-state index in [-0.39, 0.29) is 30.1 Å². The topological polar surface area (TPSA) is 64.7 Å². The van der Waals surface area contributed by atoms with E-state index in [1.54, 1.807) is 0 Å². The predicted molar refractivity (Wildman–Crippen MR) is 98.3 cm³/mol. The zero-order valence-corrected chi connectivity index (χ0v) is 15.9. The predicted octanol–water partition coefficient (Wildman–Crippen LogP) is 0.714. The first kappa shape index (κ1) is 21.2. The summed E-state index contributed by atoms with van der Waals surface area (Å²) in [7, 11) is 0. The number of nitrogens with one attached hydrogen (secondary N) is 2. The first-order chi connectivity index (χ1) is 11.1. The second kappa shape index (κ2) is 10.9. The maximum atomic E-state index is 12.2. The Morgan fingerprint density at radius 1 is 1.21 bits per heavy atom. The normalized spacial score (nSPS) is 22.1. The molecule has 0 aromatic carbocycles. The molecular weight excluding hydrogens is 328 g/mol. The minimum Gasteiger partial charge on any atom is -0.356 e. The summed E-state index contributed by atoms with van der Waals surface area (Å²) >= 11 is 0. The van der Waals surface area contributed by atoms with Crippen LogP contribution in [0.15, 0.2) is 0 Å². The van der Waals surface area contributed by atoms with Crippen molar-refractivity contribution in [2.24, 2.45) is 11.8 Å². The number of hydrogen-bond acceptors (Lipinski definition) is 4. The van der Waals surface area contributed by atoms with Crippen molar-refractivity contribution in [2.45, 2.75) is 33.1 Å². The van der Waals surface area contributed by atoms with E-state index in [0.717, 1.165) is 58.8 Å². The molecule has 6 nitrogen and oxygen atoms in total. The largest absolute Gasteiger partial charge is 0.356 e. The lowest BCUT2D eigenvalue weighted by atomic mass is 9.97. The molecule has 0 spiro atoms. The van der Waals surface area contributed by atoms with Gasteiger partial charge in [0.2, 0.25) is 11.8 Å². The van der Waals surface area contributed by atoms with E-state index in [9.17, 15) is 9.59 Å². The molecule has 2 amide bonds. The molecule has 2 fully saturated rings. The number of hydrogen-bond donors (Lipinski definition) is 2. The van der Waals surface area contributed by atoms with Gasteiger partial charge < -0.3 is 20.4 Å². The Hall–Kier alpha value is -0.850. The fraction of sp³-hybridized carbons (Fsp3) is 0.882. The monoisotopic (exact) mass is 360 g/mol. The van der Waals surface area contributed by atoms with E-state index >= 15 is 0 Å². The second-order valence-electron chi connectivity index (χ2n) is 7.09. The first-order valence-electron chi connectivity index (χ1n) is 9.05. The lowest BCUT2D eigenvalue weighted by Crippen LogP contribution is -2.47. The molecule has 2 aliphatic rings. The van der Waals surface area contributed by atoms with Crippen molar-refractivity contribution >= 4 is 24.2 Å². The molecule has 2 rings (SSSR count). The molecule has 1 unspecified atom stereocenters. The maximum Gasteiger partial charge on any atom is 0.223 e. The van der Waals surface area contributed by atoms with Crippen LogP contribution in [0.3, 0.4) is 0 Å². The third-order valence-corrected chi connectivity index (χ3v) is 4.80. The van der Waals surface area contributed by atoms with Gasteiger partial charge in [-0.05, 0) is 25.3 Å². The molecule has 2 N–H and O–H groups in total. The molecule has 0 bridgehead atoms. The fourth-order valence-corrected chi connectivity index (χ4v) is 3.30. The summed E-state index contributed by atoms with van der Waals surface area (Å²) in [5.74, 6) is 0.977. The molecule has 7 heteroatoms. The molecule has 0 radical (unpaired) electrons. The molecular formula is C17H33ClN4O2. The second-order valence-corrected chi connectivity index (χ2v) is 7.09. The molecule has 24 heavy (non-hydrogen) atoms. The summed E-state index contributed by atoms with van der Waals surface area (Å²) in [6.07, 6.45) is 2.94. The Labute approximate surface area is 152 Å². The Morgan fingerprint density at radius 3 is 2.58 bits per heavy atom. The van der Waals surface area contributed by atoms with Crippen LogP contribution in [0.25, 0.3) is 0 Å². The number of piperidine rings is 1. The van der Waals surface area contributed by atoms with Crippen LogP contribution in [0.4, 0.5) is 0 Å². The van der Waals surface area contributed by atoms with E-state index in [2.05, 4.69) is 15.5 Å². The van der Waals surface area contributed by atoms with E-state index < -0.39 is 0 Å². The van der Waals surface area contributed by atoms with E-state index in [0.29, 0.717) is 12.3 Å². The van der Waals surface area contributed by atoms with Gasteiger partial charge in [0.1, 0.15) is 0 Å². The van der Waals surface area contributed by atoms with Gasteiger partial charge in [-0.15, -0.1) is 12.4 Å². The summed E-state index contributed by atoms with van der Waals surface area (Å²) in [5, 5.41) is 6.31. The molecule has 2 aliphatic heterocycles. The van der Waals surface area contributed by atoms with E-state index in [1.165, 1.54) is 6.42 Å². The van der Waals surface area contributed by atoms with Crippen LogP contribution in [0, 0.1) is 11.8 Å². The highest BCUT2D eigenvalue weighted by Gasteiger charge is 2.22. The molecule has 1 atom stereocenters. The highest BCUT2D eigenvalue weighted by molar-refractivity contribution is 5.85. The standard InChI is InChI=1S/C17H32N4O2.ClH/c1-14(2)17(23)19-12-15-4-3-8-20(13-15)9-5-16(22)21-10-6-18-7-11-21;/h14-15,18H,3-13H2,1-2H3,(H,19,23);1H. The van der Waals surface area contributed by atoms with Gasteiger partial charge in [0.05, 0.1) is 0 Å². The lowest BCUT2D eigenvalue weighted by Gasteiger charge is -2.34. The number of carbonyl (C=O) groups excluding carboxylic acids is 2. The Kier molecular flexibility index (Phi) is 9.63. The summed E-state index contributed by atoms with van der Waals surface area (Å²) in [6, 6.07) is 0. The van der Waals surface area contributed by atoms with Crippen LogP contribution >= 0.6 is 12.4 Å². The molecule has 0 saturated carbocycles. The Bertz CT molecular complexity index is 400. The molecule has 0 aromatic heterocycles. The van der Waals surface area contributed by atoms with Gasteiger partial charge in [0.15, 0.2) is 0 Å². The number of likely N-dealkylation sites (tertiary alicyclic amines) is 1. The van der Waals surface area contributed by atoms with E-state index in [4.69, 9.17) is 0 Å². The van der Waals surface area contributed by atoms with Crippen molar-refractivity contribution < 1.29 is 9.59 Å². The summed E-state index contributed by atoms with van der Waals surface area (Å²) in [5.41, 5.74) is 0. The molecule has 2 heterocycles. The van der Waals surface area contributed by atoms with Crippen LogP contribution in [0.5, 0.6) is 0 Å². The highest BCUT2D eigenvalue weighted by Crippen LogP contribution is 2.16. The summed E-state index contributed by atoms with van der Waals surface area (Å²) in [4.78, 5) is 28.3. The lowest BCUT2D eigenvalue weighted by molar-refractivity contribution is -0.132. The molecule has 2 saturated heterocycles. The van der Waals surface area contributed by atoms with Gasteiger partial charge in [-0.3, -0.25) is 9.59 Å². The van der Waals surface area contributed by atoms with Crippen LogP contribution in [-0.4, -0.2) is 74.0 Å². The van der Waals surface area contributed by atoms with Gasteiger partial charge in [-0.1, -0.05) is 13.8 Å².